The minimum atomic E-state index is -3.71. The smallest absolute Gasteiger partial charge is 0.243 e. The molecular weight excluding hydrogens is 380 g/mol. The topological polar surface area (TPSA) is 86.0 Å². The highest BCUT2D eigenvalue weighted by molar-refractivity contribution is 7.89. The van der Waals surface area contributed by atoms with E-state index >= 15 is 0 Å². The maximum absolute atomic E-state index is 13.4. The molecule has 4 heterocycles. The minimum absolute atomic E-state index is 0.206. The Balaban J connectivity index is 1.53. The standard InChI is InChI=1S/C19H20N4O4S/c24-28(25,14-7-8-16-17(13-14)27-12-4-11-26-16)23-10-3-5-15(23)19-21-20-18-6-1-2-9-22(18)19/h1-2,6-9,13,15H,3-5,10-12H2/t15-/m0/s1. The summed E-state index contributed by atoms with van der Waals surface area (Å²) in [6.07, 6.45) is 4.11. The van der Waals surface area contributed by atoms with Crippen LogP contribution in [0.2, 0.25) is 0 Å². The Morgan fingerprint density at radius 3 is 2.75 bits per heavy atom. The first-order valence-electron chi connectivity index (χ1n) is 9.36. The molecule has 0 saturated carbocycles. The number of ether oxygens (including phenoxy) is 2. The van der Waals surface area contributed by atoms with Crippen molar-refractivity contribution in [3.63, 3.8) is 0 Å². The second-order valence-corrected chi connectivity index (χ2v) is 8.81. The maximum atomic E-state index is 13.4. The van der Waals surface area contributed by atoms with Gasteiger partial charge < -0.3 is 9.47 Å². The molecule has 0 radical (unpaired) electrons. The molecule has 2 aliphatic heterocycles. The van der Waals surface area contributed by atoms with Crippen LogP contribution in [0.1, 0.15) is 31.1 Å². The van der Waals surface area contributed by atoms with Crippen LogP contribution in [0.5, 0.6) is 11.5 Å². The van der Waals surface area contributed by atoms with Gasteiger partial charge in [0.25, 0.3) is 0 Å². The largest absolute Gasteiger partial charge is 0.490 e. The molecule has 2 aliphatic rings. The maximum Gasteiger partial charge on any atom is 0.243 e. The molecule has 3 aromatic rings. The molecule has 0 aliphatic carbocycles. The van der Waals surface area contributed by atoms with Gasteiger partial charge in [0.15, 0.2) is 23.0 Å². The molecule has 0 bridgehead atoms. The summed E-state index contributed by atoms with van der Waals surface area (Å²) >= 11 is 0. The van der Waals surface area contributed by atoms with Gasteiger partial charge in [0.05, 0.1) is 24.2 Å². The lowest BCUT2D eigenvalue weighted by Gasteiger charge is -2.23. The van der Waals surface area contributed by atoms with Gasteiger partial charge in [0.1, 0.15) is 0 Å². The highest BCUT2D eigenvalue weighted by atomic mass is 32.2. The fourth-order valence-corrected chi connectivity index (χ4v) is 5.48. The number of aromatic nitrogens is 3. The molecule has 146 valence electrons. The van der Waals surface area contributed by atoms with Crippen molar-refractivity contribution in [2.24, 2.45) is 0 Å². The molecule has 28 heavy (non-hydrogen) atoms. The summed E-state index contributed by atoms with van der Waals surface area (Å²) in [4.78, 5) is 0.206. The number of sulfonamides is 1. The van der Waals surface area contributed by atoms with Gasteiger partial charge in [-0.05, 0) is 37.1 Å². The zero-order valence-electron chi connectivity index (χ0n) is 15.2. The Bertz CT molecular complexity index is 1130. The molecule has 0 spiro atoms. The van der Waals surface area contributed by atoms with E-state index in [1.54, 1.807) is 18.2 Å². The number of hydrogen-bond donors (Lipinski definition) is 0. The fraction of sp³-hybridized carbons (Fsp3) is 0.368. The van der Waals surface area contributed by atoms with Crippen molar-refractivity contribution in [2.75, 3.05) is 19.8 Å². The summed E-state index contributed by atoms with van der Waals surface area (Å²) in [5.41, 5.74) is 0.706. The summed E-state index contributed by atoms with van der Waals surface area (Å²) in [5, 5.41) is 8.46. The third-order valence-electron chi connectivity index (χ3n) is 5.17. The van der Waals surface area contributed by atoms with Crippen molar-refractivity contribution < 1.29 is 17.9 Å². The zero-order chi connectivity index (χ0) is 19.1. The van der Waals surface area contributed by atoms with Gasteiger partial charge in [-0.25, -0.2) is 8.42 Å². The number of hydrogen-bond acceptors (Lipinski definition) is 6. The van der Waals surface area contributed by atoms with Crippen LogP contribution >= 0.6 is 0 Å². The average molecular weight is 400 g/mol. The summed E-state index contributed by atoms with van der Waals surface area (Å²) in [6, 6.07) is 10.1. The van der Waals surface area contributed by atoms with Crippen molar-refractivity contribution in [1.82, 2.24) is 18.9 Å². The van der Waals surface area contributed by atoms with E-state index in [1.165, 1.54) is 4.31 Å². The van der Waals surface area contributed by atoms with Gasteiger partial charge in [-0.1, -0.05) is 6.07 Å². The monoisotopic (exact) mass is 400 g/mol. The number of rotatable bonds is 3. The Morgan fingerprint density at radius 1 is 1.00 bits per heavy atom. The predicted molar refractivity (Wildman–Crippen MR) is 101 cm³/mol. The van der Waals surface area contributed by atoms with Gasteiger partial charge in [-0.15, -0.1) is 10.2 Å². The van der Waals surface area contributed by atoms with Crippen LogP contribution in [-0.4, -0.2) is 47.1 Å². The first-order chi connectivity index (χ1) is 13.6. The second kappa shape index (κ2) is 6.75. The van der Waals surface area contributed by atoms with Crippen molar-refractivity contribution >= 4 is 15.7 Å². The third-order valence-corrected chi connectivity index (χ3v) is 7.07. The summed E-state index contributed by atoms with van der Waals surface area (Å²) in [5.74, 6) is 1.70. The molecule has 2 aromatic heterocycles. The van der Waals surface area contributed by atoms with E-state index in [2.05, 4.69) is 10.2 Å². The van der Waals surface area contributed by atoms with Gasteiger partial charge in [0.2, 0.25) is 10.0 Å². The summed E-state index contributed by atoms with van der Waals surface area (Å²) < 4.78 is 41.5. The molecular formula is C19H20N4O4S. The van der Waals surface area contributed by atoms with E-state index in [0.29, 0.717) is 49.1 Å². The third kappa shape index (κ3) is 2.82. The molecule has 1 fully saturated rings. The first kappa shape index (κ1) is 17.4. The highest BCUT2D eigenvalue weighted by Crippen LogP contribution is 2.38. The van der Waals surface area contributed by atoms with Gasteiger partial charge in [-0.3, -0.25) is 4.40 Å². The summed E-state index contributed by atoms with van der Waals surface area (Å²) in [7, 11) is -3.71. The van der Waals surface area contributed by atoms with Crippen LogP contribution in [0.3, 0.4) is 0 Å². The SMILES string of the molecule is O=S(=O)(c1ccc2c(c1)OCCCO2)N1CCC[C@H]1c1nnc2ccccn12. The van der Waals surface area contributed by atoms with E-state index in [1.807, 2.05) is 28.8 Å². The Morgan fingerprint density at radius 2 is 1.86 bits per heavy atom. The average Bonchev–Trinajstić information content (AvgIpc) is 3.29. The number of pyridine rings is 1. The number of benzene rings is 1. The quantitative estimate of drug-likeness (QED) is 0.671. The van der Waals surface area contributed by atoms with Crippen molar-refractivity contribution in [3.05, 3.63) is 48.4 Å². The van der Waals surface area contributed by atoms with Gasteiger partial charge >= 0.3 is 0 Å². The molecule has 1 saturated heterocycles. The number of nitrogens with zero attached hydrogens (tertiary/aromatic N) is 4. The lowest BCUT2D eigenvalue weighted by molar-refractivity contribution is 0.296. The molecule has 5 rings (SSSR count). The Hall–Kier alpha value is -2.65. The molecule has 0 N–H and O–H groups in total. The van der Waals surface area contributed by atoms with E-state index in [9.17, 15) is 8.42 Å². The van der Waals surface area contributed by atoms with Crippen LogP contribution in [0.25, 0.3) is 5.65 Å². The van der Waals surface area contributed by atoms with E-state index in [4.69, 9.17) is 9.47 Å². The predicted octanol–water partition coefficient (Wildman–Crippen LogP) is 2.42. The van der Waals surface area contributed by atoms with Crippen LogP contribution in [0, 0.1) is 0 Å². The Labute approximate surface area is 162 Å². The van der Waals surface area contributed by atoms with E-state index in [0.717, 1.165) is 12.8 Å². The van der Waals surface area contributed by atoms with Crippen LogP contribution in [-0.2, 0) is 10.0 Å². The van der Waals surface area contributed by atoms with E-state index < -0.39 is 10.0 Å². The fourth-order valence-electron chi connectivity index (χ4n) is 3.81. The Kier molecular flexibility index (Phi) is 4.21. The van der Waals surface area contributed by atoms with Crippen molar-refractivity contribution in [3.8, 4) is 11.5 Å². The van der Waals surface area contributed by atoms with Gasteiger partial charge in [0, 0.05) is 25.2 Å². The molecule has 1 atom stereocenters. The van der Waals surface area contributed by atoms with Crippen molar-refractivity contribution in [1.29, 1.82) is 0 Å². The van der Waals surface area contributed by atoms with Crippen LogP contribution in [0.4, 0.5) is 0 Å². The molecule has 1 aromatic carbocycles. The summed E-state index contributed by atoms with van der Waals surface area (Å²) in [6.45, 7) is 1.52. The van der Waals surface area contributed by atoms with E-state index in [-0.39, 0.29) is 10.9 Å². The highest BCUT2D eigenvalue weighted by Gasteiger charge is 2.39. The molecule has 0 unspecified atom stereocenters. The number of fused-ring (bicyclic) bond motifs is 2. The second-order valence-electron chi connectivity index (χ2n) is 6.92. The first-order valence-corrected chi connectivity index (χ1v) is 10.8. The molecule has 0 amide bonds. The minimum Gasteiger partial charge on any atom is -0.490 e. The molecule has 8 nitrogen and oxygen atoms in total. The zero-order valence-corrected chi connectivity index (χ0v) is 16.0. The van der Waals surface area contributed by atoms with Crippen LogP contribution < -0.4 is 9.47 Å². The lowest BCUT2D eigenvalue weighted by atomic mass is 10.2. The van der Waals surface area contributed by atoms with Gasteiger partial charge in [-0.2, -0.15) is 4.31 Å². The van der Waals surface area contributed by atoms with Crippen molar-refractivity contribution in [2.45, 2.75) is 30.2 Å². The normalized spacial score (nSPS) is 20.4. The molecule has 9 heteroatoms. The van der Waals surface area contributed by atoms with Crippen LogP contribution in [0.15, 0.2) is 47.5 Å². The lowest BCUT2D eigenvalue weighted by Crippen LogP contribution is -2.31.